The number of benzene rings is 3. The summed E-state index contributed by atoms with van der Waals surface area (Å²) in [5.41, 5.74) is 4.82. The largest absolute Gasteiger partial charge is 2.00 e. The van der Waals surface area contributed by atoms with Crippen LogP contribution >= 0.6 is 0 Å². The van der Waals surface area contributed by atoms with Crippen LogP contribution < -0.4 is 10.2 Å². The minimum absolute atomic E-state index is 0. The van der Waals surface area contributed by atoms with Crippen LogP contribution in [0.4, 0.5) is 0 Å². The van der Waals surface area contributed by atoms with Gasteiger partial charge in [0.15, 0.2) is 0 Å². The van der Waals surface area contributed by atoms with Gasteiger partial charge in [-0.15, -0.1) is 5.76 Å². The van der Waals surface area contributed by atoms with Crippen LogP contribution in [0.2, 0.25) is 0 Å². The van der Waals surface area contributed by atoms with Gasteiger partial charge in [-0.25, -0.2) is 0 Å². The van der Waals surface area contributed by atoms with Gasteiger partial charge in [0.1, 0.15) is 0 Å². The third-order valence-corrected chi connectivity index (χ3v) is 6.18. The molecule has 0 unspecified atom stereocenters. The van der Waals surface area contributed by atoms with E-state index in [1.54, 1.807) is 24.3 Å². The zero-order valence-electron chi connectivity index (χ0n) is 22.9. The van der Waals surface area contributed by atoms with Crippen LogP contribution in [-0.4, -0.2) is 5.78 Å². The molecule has 0 saturated carbocycles. The summed E-state index contributed by atoms with van der Waals surface area (Å²) < 4.78 is 0. The molecule has 3 nitrogen and oxygen atoms in total. The third kappa shape index (κ3) is 10.2. The maximum absolute atomic E-state index is 12.1. The molecule has 206 valence electrons. The van der Waals surface area contributed by atoms with Crippen molar-refractivity contribution in [3.05, 3.63) is 178 Å². The molecule has 0 heterocycles. The molecule has 5 rings (SSSR count). The van der Waals surface area contributed by atoms with Gasteiger partial charge in [-0.05, 0) is 71.9 Å². The molecule has 0 spiro atoms. The Hall–Kier alpha value is -4.99. The molecule has 42 heavy (non-hydrogen) atoms. The number of ketones is 1. The fraction of sp³-hybridized carbons (Fsp3) is 0.0789. The smallest absolute Gasteiger partial charge is 0.875 e. The number of hydrogen-bond acceptors (Lipinski definition) is 3. The number of Topliss-reactive ketones (excluding diaryl/α,β-unsaturated/α-hetero) is 1. The van der Waals surface area contributed by atoms with Crippen LogP contribution in [0.1, 0.15) is 39.9 Å². The molecule has 4 heteroatoms. The Labute approximate surface area is 258 Å². The predicted octanol–water partition coefficient (Wildman–Crippen LogP) is 5.76. The van der Waals surface area contributed by atoms with Crippen molar-refractivity contribution in [3.63, 3.8) is 0 Å². The quantitative estimate of drug-likeness (QED) is 0.165. The fourth-order valence-electron chi connectivity index (χ4n) is 3.95. The van der Waals surface area contributed by atoms with Gasteiger partial charge in [-0.2, -0.15) is 0 Å². The molecule has 0 bridgehead atoms. The van der Waals surface area contributed by atoms with E-state index in [0.717, 1.165) is 35.1 Å². The van der Waals surface area contributed by atoms with Gasteiger partial charge < -0.3 is 10.2 Å². The maximum atomic E-state index is 12.1. The summed E-state index contributed by atoms with van der Waals surface area (Å²) in [6.07, 6.45) is 16.8. The Morgan fingerprint density at radius 3 is 1.67 bits per heavy atom. The number of rotatable bonds is 5. The number of allylic oxidation sites excluding steroid dienone is 12. The second-order valence-electron chi connectivity index (χ2n) is 9.21. The standard InChI is InChI=1S/C24H20O2.C14H10O.Fe/c25-23(21-10-4-5-11-21)12-6-9-20-13-16-22(17-14-20)24(26)18-15-19-7-2-1-3-8-19;15-14(13-8-4-5-9-13)11-10-12-6-2-1-3-7-12;/h1-5,7-8,10-11,13-14,16-17,25H,6,9,12H2;1-9,15H;/q;;+2/p-2. The van der Waals surface area contributed by atoms with Crippen molar-refractivity contribution in [2.75, 3.05) is 0 Å². The van der Waals surface area contributed by atoms with Crippen LogP contribution in [0, 0.1) is 23.7 Å². The maximum Gasteiger partial charge on any atom is 2.00 e. The number of aryl methyl sites for hydroxylation is 1. The van der Waals surface area contributed by atoms with Gasteiger partial charge in [0.2, 0.25) is 5.78 Å². The van der Waals surface area contributed by atoms with Crippen LogP contribution in [0.25, 0.3) is 0 Å². The minimum Gasteiger partial charge on any atom is -0.875 e. The molecule has 0 fully saturated rings. The van der Waals surface area contributed by atoms with Crippen molar-refractivity contribution < 1.29 is 32.1 Å². The number of carbonyl (C=O) groups is 1. The first-order valence-corrected chi connectivity index (χ1v) is 13.4. The van der Waals surface area contributed by atoms with E-state index in [1.165, 1.54) is 0 Å². The van der Waals surface area contributed by atoms with E-state index in [1.807, 2.05) is 109 Å². The zero-order valence-corrected chi connectivity index (χ0v) is 24.0. The summed E-state index contributed by atoms with van der Waals surface area (Å²) in [6, 6.07) is 26.4. The average Bonchev–Trinajstić information content (AvgIpc) is 3.76. The van der Waals surface area contributed by atoms with Crippen LogP contribution in [-0.2, 0) is 23.5 Å². The molecule has 3 aromatic carbocycles. The molecular formula is C38H28FeO3. The SMILES string of the molecule is O=C(C#Cc1ccccc1)c1ccc(CCCC([O-])=C2C=CC=C2)cc1.[Fe+2].[O-]C(C#Cc1ccccc1)=C1C=CC=C1. The summed E-state index contributed by atoms with van der Waals surface area (Å²) in [7, 11) is 0. The van der Waals surface area contributed by atoms with Crippen LogP contribution in [0.3, 0.4) is 0 Å². The van der Waals surface area contributed by atoms with Gasteiger partial charge in [-0.1, -0.05) is 127 Å². The molecule has 3 aromatic rings. The molecule has 0 aliphatic heterocycles. The van der Waals surface area contributed by atoms with E-state index in [0.29, 0.717) is 17.6 Å². The van der Waals surface area contributed by atoms with E-state index in [4.69, 9.17) is 0 Å². The van der Waals surface area contributed by atoms with Crippen molar-refractivity contribution in [3.8, 4) is 23.7 Å². The number of carbonyl (C=O) groups excluding carboxylic acids is 1. The average molecular weight is 588 g/mol. The van der Waals surface area contributed by atoms with E-state index in [2.05, 4.69) is 23.7 Å². The van der Waals surface area contributed by atoms with Crippen molar-refractivity contribution in [1.29, 1.82) is 0 Å². The van der Waals surface area contributed by atoms with Crippen LogP contribution in [0.5, 0.6) is 0 Å². The second kappa shape index (κ2) is 17.0. The van der Waals surface area contributed by atoms with Gasteiger partial charge in [0.05, 0.1) is 0 Å². The molecule has 0 atom stereocenters. The Kier molecular flexibility index (Phi) is 12.7. The molecular weight excluding hydrogens is 560 g/mol. The summed E-state index contributed by atoms with van der Waals surface area (Å²) in [6.45, 7) is 0. The predicted molar refractivity (Wildman–Crippen MR) is 161 cm³/mol. The molecule has 2 aliphatic carbocycles. The first kappa shape index (κ1) is 31.5. The normalized spacial score (nSPS) is 11.8. The van der Waals surface area contributed by atoms with Gasteiger partial charge >= 0.3 is 17.1 Å². The summed E-state index contributed by atoms with van der Waals surface area (Å²) in [5, 5.41) is 23.5. The van der Waals surface area contributed by atoms with Crippen molar-refractivity contribution in [2.45, 2.75) is 19.3 Å². The monoisotopic (exact) mass is 588 g/mol. The van der Waals surface area contributed by atoms with Gasteiger partial charge in [-0.3, -0.25) is 4.79 Å². The molecule has 0 saturated heterocycles. The Balaban J connectivity index is 0.000000258. The van der Waals surface area contributed by atoms with Gasteiger partial charge in [0, 0.05) is 16.7 Å². The minimum atomic E-state index is -0.188. The first-order chi connectivity index (χ1) is 20.1. The van der Waals surface area contributed by atoms with Gasteiger partial charge in [0.25, 0.3) is 0 Å². The van der Waals surface area contributed by atoms with E-state index in [-0.39, 0.29) is 34.4 Å². The number of hydrogen-bond donors (Lipinski definition) is 0. The Bertz CT molecular complexity index is 1640. The van der Waals surface area contributed by atoms with Crippen molar-refractivity contribution in [2.24, 2.45) is 0 Å². The molecule has 0 amide bonds. The molecule has 2 aliphatic rings. The second-order valence-corrected chi connectivity index (χ2v) is 9.21. The third-order valence-electron chi connectivity index (χ3n) is 6.18. The molecule has 0 aromatic heterocycles. The van der Waals surface area contributed by atoms with E-state index in [9.17, 15) is 15.0 Å². The first-order valence-electron chi connectivity index (χ1n) is 13.4. The summed E-state index contributed by atoms with van der Waals surface area (Å²) >= 11 is 0. The fourth-order valence-corrected chi connectivity index (χ4v) is 3.95. The van der Waals surface area contributed by atoms with E-state index < -0.39 is 0 Å². The topological polar surface area (TPSA) is 63.2 Å². The summed E-state index contributed by atoms with van der Waals surface area (Å²) in [4.78, 5) is 12.1. The van der Waals surface area contributed by atoms with Crippen LogP contribution in [0.15, 0.2) is 156 Å². The van der Waals surface area contributed by atoms with Crippen molar-refractivity contribution >= 4 is 5.78 Å². The van der Waals surface area contributed by atoms with E-state index >= 15 is 0 Å². The molecule has 0 radical (unpaired) electrons. The molecule has 0 N–H and O–H groups in total. The van der Waals surface area contributed by atoms with Crippen molar-refractivity contribution in [1.82, 2.24) is 0 Å². The Morgan fingerprint density at radius 1 is 0.619 bits per heavy atom. The summed E-state index contributed by atoms with van der Waals surface area (Å²) in [5.74, 6) is 10.9. The zero-order chi connectivity index (χ0) is 28.7. The Morgan fingerprint density at radius 2 is 1.12 bits per heavy atom.